The normalized spacial score (nSPS) is 9.72. The highest BCUT2D eigenvalue weighted by atomic mass is 32.2. The molecule has 7 heteroatoms. The summed E-state index contributed by atoms with van der Waals surface area (Å²) in [4.78, 5) is 18.8. The number of hydrogen-bond acceptors (Lipinski definition) is 6. The van der Waals surface area contributed by atoms with Gasteiger partial charge in [0.05, 0.1) is 17.3 Å². The predicted octanol–water partition coefficient (Wildman–Crippen LogP) is 2.41. The first-order valence-corrected chi connectivity index (χ1v) is 5.65. The van der Waals surface area contributed by atoms with Crippen molar-refractivity contribution in [2.75, 3.05) is 0 Å². The average molecular weight is 258 g/mol. The number of non-ortho nitro benzene ring substituents is 1. The van der Waals surface area contributed by atoms with E-state index >= 15 is 0 Å². The lowest BCUT2D eigenvalue weighted by molar-refractivity contribution is -0.384. The number of nitro benzene ring substituents is 1. The number of nitro groups is 1. The minimum absolute atomic E-state index is 0.0465. The lowest BCUT2D eigenvalue weighted by Gasteiger charge is -1.99. The van der Waals surface area contributed by atoms with Crippen LogP contribution in [-0.4, -0.2) is 14.9 Å². The van der Waals surface area contributed by atoms with E-state index in [0.29, 0.717) is 5.03 Å². The molecule has 0 atom stereocenters. The Morgan fingerprint density at radius 2 is 1.94 bits per heavy atom. The molecule has 0 spiro atoms. The van der Waals surface area contributed by atoms with Crippen LogP contribution in [-0.2, 0) is 0 Å². The maximum atomic E-state index is 10.5. The highest BCUT2D eigenvalue weighted by Gasteiger charge is 2.05. The van der Waals surface area contributed by atoms with Crippen LogP contribution >= 0.6 is 11.8 Å². The van der Waals surface area contributed by atoms with E-state index < -0.39 is 4.92 Å². The molecule has 1 aromatic carbocycles. The van der Waals surface area contributed by atoms with Gasteiger partial charge < -0.3 is 0 Å². The molecule has 0 aliphatic carbocycles. The quantitative estimate of drug-likeness (QED) is 0.620. The predicted molar refractivity (Wildman–Crippen MR) is 64.0 cm³/mol. The van der Waals surface area contributed by atoms with Crippen LogP contribution in [0.3, 0.4) is 0 Å². The molecule has 18 heavy (non-hydrogen) atoms. The van der Waals surface area contributed by atoms with E-state index in [-0.39, 0.29) is 11.4 Å². The number of nitriles is 1. The Morgan fingerprint density at radius 3 is 2.44 bits per heavy atom. The van der Waals surface area contributed by atoms with Gasteiger partial charge in [-0.3, -0.25) is 10.1 Å². The summed E-state index contributed by atoms with van der Waals surface area (Å²) in [6, 6.07) is 8.02. The van der Waals surface area contributed by atoms with E-state index in [1.54, 1.807) is 12.1 Å². The molecule has 2 rings (SSSR count). The zero-order chi connectivity index (χ0) is 13.0. The van der Waals surface area contributed by atoms with Gasteiger partial charge in [-0.15, -0.1) is 0 Å². The molecule has 1 heterocycles. The summed E-state index contributed by atoms with van der Waals surface area (Å²) in [5.41, 5.74) is 0.299. The third-order valence-corrected chi connectivity index (χ3v) is 2.94. The standard InChI is InChI=1S/C11H6N4O2S/c12-5-8-6-14-11(7-13-8)18-10-3-1-9(2-4-10)15(16)17/h1-4,6-7H. The van der Waals surface area contributed by atoms with Crippen LogP contribution in [0, 0.1) is 21.4 Å². The Hall–Kier alpha value is -2.46. The molecule has 0 saturated carbocycles. The third kappa shape index (κ3) is 2.81. The van der Waals surface area contributed by atoms with Gasteiger partial charge in [-0.1, -0.05) is 11.8 Å². The SMILES string of the molecule is N#Cc1cnc(Sc2ccc([N+](=O)[O-])cc2)cn1. The van der Waals surface area contributed by atoms with Crippen LogP contribution in [0.25, 0.3) is 0 Å². The summed E-state index contributed by atoms with van der Waals surface area (Å²) in [5.74, 6) is 0. The molecule has 0 radical (unpaired) electrons. The average Bonchev–Trinajstić information content (AvgIpc) is 2.40. The van der Waals surface area contributed by atoms with E-state index in [4.69, 9.17) is 5.26 Å². The molecule has 0 N–H and O–H groups in total. The van der Waals surface area contributed by atoms with E-state index in [9.17, 15) is 10.1 Å². The lowest BCUT2D eigenvalue weighted by atomic mass is 10.3. The van der Waals surface area contributed by atoms with E-state index in [1.165, 1.54) is 36.3 Å². The number of aromatic nitrogens is 2. The minimum Gasteiger partial charge on any atom is -0.258 e. The summed E-state index contributed by atoms with van der Waals surface area (Å²) >= 11 is 1.32. The second-order valence-electron chi connectivity index (χ2n) is 3.20. The van der Waals surface area contributed by atoms with E-state index in [0.717, 1.165) is 4.90 Å². The van der Waals surface area contributed by atoms with Gasteiger partial charge in [0, 0.05) is 17.0 Å². The van der Waals surface area contributed by atoms with Gasteiger partial charge in [-0.25, -0.2) is 9.97 Å². The smallest absolute Gasteiger partial charge is 0.258 e. The molecule has 0 bridgehead atoms. The van der Waals surface area contributed by atoms with Crippen LogP contribution < -0.4 is 0 Å². The molecule has 0 saturated heterocycles. The van der Waals surface area contributed by atoms with Gasteiger partial charge in [-0.05, 0) is 12.1 Å². The molecule has 0 unspecified atom stereocenters. The first-order valence-electron chi connectivity index (χ1n) is 4.83. The molecule has 6 nitrogen and oxygen atoms in total. The lowest BCUT2D eigenvalue weighted by Crippen LogP contribution is -1.88. The van der Waals surface area contributed by atoms with Crippen molar-refractivity contribution < 1.29 is 4.92 Å². The molecule has 0 amide bonds. The molecule has 0 fully saturated rings. The van der Waals surface area contributed by atoms with Crippen molar-refractivity contribution in [1.29, 1.82) is 5.26 Å². The van der Waals surface area contributed by atoms with Gasteiger partial charge in [0.1, 0.15) is 11.1 Å². The molecule has 88 valence electrons. The summed E-state index contributed by atoms with van der Waals surface area (Å²) < 4.78 is 0. The molecular formula is C11H6N4O2S. The van der Waals surface area contributed by atoms with Crippen molar-refractivity contribution in [3.05, 3.63) is 52.5 Å². The fourth-order valence-electron chi connectivity index (χ4n) is 1.18. The topological polar surface area (TPSA) is 92.7 Å². The van der Waals surface area contributed by atoms with Crippen molar-refractivity contribution in [2.24, 2.45) is 0 Å². The van der Waals surface area contributed by atoms with Gasteiger partial charge in [0.15, 0.2) is 5.69 Å². The molecular weight excluding hydrogens is 252 g/mol. The Balaban J connectivity index is 2.13. The minimum atomic E-state index is -0.448. The van der Waals surface area contributed by atoms with Crippen LogP contribution in [0.2, 0.25) is 0 Å². The highest BCUT2D eigenvalue weighted by Crippen LogP contribution is 2.26. The first-order chi connectivity index (χ1) is 8.69. The zero-order valence-corrected chi connectivity index (χ0v) is 9.79. The highest BCUT2D eigenvalue weighted by molar-refractivity contribution is 7.99. The van der Waals surface area contributed by atoms with Gasteiger partial charge in [-0.2, -0.15) is 5.26 Å². The number of benzene rings is 1. The number of nitrogens with zero attached hydrogens (tertiary/aromatic N) is 4. The molecule has 0 aliphatic heterocycles. The van der Waals surface area contributed by atoms with Crippen LogP contribution in [0.1, 0.15) is 5.69 Å². The molecule has 2 aromatic rings. The first kappa shape index (κ1) is 12.0. The van der Waals surface area contributed by atoms with E-state index in [1.807, 2.05) is 6.07 Å². The van der Waals surface area contributed by atoms with E-state index in [2.05, 4.69) is 9.97 Å². The molecule has 1 aromatic heterocycles. The Labute approximate surface area is 106 Å². The zero-order valence-electron chi connectivity index (χ0n) is 8.98. The van der Waals surface area contributed by atoms with Crippen molar-refractivity contribution in [2.45, 2.75) is 9.92 Å². The Morgan fingerprint density at radius 1 is 1.22 bits per heavy atom. The summed E-state index contributed by atoms with van der Waals surface area (Å²) in [6.07, 6.45) is 2.87. The van der Waals surface area contributed by atoms with Crippen LogP contribution in [0.4, 0.5) is 5.69 Å². The van der Waals surface area contributed by atoms with Gasteiger partial charge in [0.2, 0.25) is 0 Å². The Bertz CT molecular complexity index is 604. The number of hydrogen-bond donors (Lipinski definition) is 0. The van der Waals surface area contributed by atoms with Crippen LogP contribution in [0.5, 0.6) is 0 Å². The fraction of sp³-hybridized carbons (Fsp3) is 0. The second kappa shape index (κ2) is 5.25. The fourth-order valence-corrected chi connectivity index (χ4v) is 1.91. The Kier molecular flexibility index (Phi) is 3.50. The van der Waals surface area contributed by atoms with Gasteiger partial charge in [0.25, 0.3) is 5.69 Å². The van der Waals surface area contributed by atoms with Crippen LogP contribution in [0.15, 0.2) is 46.6 Å². The summed E-state index contributed by atoms with van der Waals surface area (Å²) in [6.45, 7) is 0. The summed E-state index contributed by atoms with van der Waals surface area (Å²) in [5, 5.41) is 19.7. The second-order valence-corrected chi connectivity index (χ2v) is 4.30. The molecule has 0 aliphatic rings. The summed E-state index contributed by atoms with van der Waals surface area (Å²) in [7, 11) is 0. The van der Waals surface area contributed by atoms with Crippen molar-refractivity contribution in [3.63, 3.8) is 0 Å². The number of rotatable bonds is 3. The van der Waals surface area contributed by atoms with Gasteiger partial charge >= 0.3 is 0 Å². The maximum absolute atomic E-state index is 10.5. The van der Waals surface area contributed by atoms with Crippen molar-refractivity contribution in [3.8, 4) is 6.07 Å². The maximum Gasteiger partial charge on any atom is 0.269 e. The largest absolute Gasteiger partial charge is 0.269 e. The van der Waals surface area contributed by atoms with Crippen molar-refractivity contribution >= 4 is 17.4 Å². The third-order valence-electron chi connectivity index (χ3n) is 2.01. The van der Waals surface area contributed by atoms with Crippen molar-refractivity contribution in [1.82, 2.24) is 9.97 Å². The monoisotopic (exact) mass is 258 g/mol.